The lowest BCUT2D eigenvalue weighted by Crippen LogP contribution is -2.73. The number of nitrogens with one attached hydrogen (secondary N) is 1. The number of hydrogen-bond acceptors (Lipinski definition) is 13. The summed E-state index contributed by atoms with van der Waals surface area (Å²) in [6, 6.07) is -3.11. The minimum Gasteiger partial charge on any atom is -0.478 e. The average Bonchev–Trinajstić information content (AvgIpc) is 3.12. The lowest BCUT2D eigenvalue weighted by molar-refractivity contribution is -0.161. The molecule has 2 heterocycles. The molecule has 17 nitrogen and oxygen atoms in total. The number of oxime groups is 2. The maximum absolute atomic E-state index is 12.8. The summed E-state index contributed by atoms with van der Waals surface area (Å²) in [5, 5.41) is 27.7. The minimum absolute atomic E-state index is 0.00405. The highest BCUT2D eigenvalue weighted by Gasteiger charge is 2.55. The first kappa shape index (κ1) is 26.4. The molecule has 2 atom stereocenters. The number of carbonyl (C=O) groups excluding carboxylic acids is 2. The maximum Gasteiger partial charge on any atom is 0.362 e. The lowest BCUT2D eigenvalue weighted by atomic mass is 9.99. The fraction of sp³-hybridized carbons (Fsp3) is 0.400. The number of carbonyl (C=O) groups is 4. The second-order valence-electron chi connectivity index (χ2n) is 6.92. The number of β-lactam (4-membered cyclic amide) rings is 1. The summed E-state index contributed by atoms with van der Waals surface area (Å²) in [5.41, 5.74) is 2.95. The smallest absolute Gasteiger partial charge is 0.362 e. The number of thiazole rings is 1. The molecule has 0 saturated carbocycles. The van der Waals surface area contributed by atoms with Gasteiger partial charge in [0, 0.05) is 5.38 Å². The van der Waals surface area contributed by atoms with Gasteiger partial charge in [-0.1, -0.05) is 10.3 Å². The van der Waals surface area contributed by atoms with E-state index >= 15 is 0 Å². The van der Waals surface area contributed by atoms with Crippen molar-refractivity contribution in [2.75, 3.05) is 12.3 Å². The molecule has 19 heteroatoms. The van der Waals surface area contributed by atoms with Crippen LogP contribution in [0.1, 0.15) is 19.5 Å². The number of amides is 2. The first-order chi connectivity index (χ1) is 15.6. The van der Waals surface area contributed by atoms with E-state index < -0.39 is 64.1 Å². The monoisotopic (exact) mass is 522 g/mol. The largest absolute Gasteiger partial charge is 0.478 e. The van der Waals surface area contributed by atoms with Gasteiger partial charge in [0.1, 0.15) is 24.4 Å². The van der Waals surface area contributed by atoms with Crippen molar-refractivity contribution in [3.8, 4) is 0 Å². The van der Waals surface area contributed by atoms with Crippen molar-refractivity contribution < 1.29 is 52.0 Å². The minimum atomic E-state index is -5.06. The van der Waals surface area contributed by atoms with E-state index in [1.54, 1.807) is 0 Å². The van der Waals surface area contributed by atoms with E-state index in [1.807, 2.05) is 0 Å². The maximum atomic E-state index is 12.8. The van der Waals surface area contributed by atoms with Gasteiger partial charge in [0.05, 0.1) is 0 Å². The van der Waals surface area contributed by atoms with Crippen LogP contribution >= 0.6 is 11.3 Å². The van der Waals surface area contributed by atoms with Gasteiger partial charge in [-0.05, 0) is 13.8 Å². The van der Waals surface area contributed by atoms with Crippen LogP contribution in [0, 0.1) is 0 Å². The fourth-order valence-electron chi connectivity index (χ4n) is 2.34. The number of carboxylic acid groups (broad SMARTS) is 2. The Morgan fingerprint density at radius 3 is 2.53 bits per heavy atom. The van der Waals surface area contributed by atoms with Crippen molar-refractivity contribution in [1.29, 1.82) is 0 Å². The molecule has 2 rings (SSSR count). The van der Waals surface area contributed by atoms with Gasteiger partial charge in [0.15, 0.2) is 17.1 Å². The van der Waals surface area contributed by atoms with Crippen LogP contribution in [0.4, 0.5) is 5.13 Å². The Kier molecular flexibility index (Phi) is 7.74. The Morgan fingerprint density at radius 1 is 1.38 bits per heavy atom. The molecule has 2 amide bonds. The molecule has 0 bridgehead atoms. The van der Waals surface area contributed by atoms with Gasteiger partial charge in [0.25, 0.3) is 11.8 Å². The fourth-order valence-corrected chi connectivity index (χ4v) is 3.75. The van der Waals surface area contributed by atoms with Crippen molar-refractivity contribution in [3.05, 3.63) is 11.1 Å². The van der Waals surface area contributed by atoms with Crippen LogP contribution in [0.25, 0.3) is 0 Å². The number of hydrogen-bond donors (Lipinski definition) is 5. The number of nitrogens with zero attached hydrogens (tertiary/aromatic N) is 4. The molecule has 186 valence electrons. The van der Waals surface area contributed by atoms with Crippen LogP contribution in [0.2, 0.25) is 0 Å². The molecule has 6 N–H and O–H groups in total. The van der Waals surface area contributed by atoms with Gasteiger partial charge in [0.2, 0.25) is 5.60 Å². The molecule has 0 spiro atoms. The molecule has 2 unspecified atom stereocenters. The molecular formula is C15H18N6O11S2. The molecule has 1 aromatic heterocycles. The van der Waals surface area contributed by atoms with Gasteiger partial charge < -0.3 is 30.9 Å². The summed E-state index contributed by atoms with van der Waals surface area (Å²) in [5.74, 6) is -5.28. The predicted octanol–water partition coefficient (Wildman–Crippen LogP) is -2.11. The number of aliphatic carboxylic acids is 2. The van der Waals surface area contributed by atoms with E-state index in [2.05, 4.69) is 25.4 Å². The summed E-state index contributed by atoms with van der Waals surface area (Å²) < 4.78 is 32.2. The Bertz CT molecular complexity index is 1160. The SMILES string of the molecule is CC(C)(O/N=C(/C(=O)NC1C(=O)N(S(=O)(=O)O)C1CO/N=C/C(=O)O)c1csc(N)n1)C(=O)O. The number of carboxylic acids is 2. The van der Waals surface area contributed by atoms with Crippen LogP contribution in [-0.2, 0) is 39.2 Å². The number of anilines is 1. The van der Waals surface area contributed by atoms with E-state index in [-0.39, 0.29) is 15.1 Å². The second kappa shape index (κ2) is 9.97. The third-order valence-corrected chi connectivity index (χ3v) is 5.67. The zero-order valence-corrected chi connectivity index (χ0v) is 18.9. The third kappa shape index (κ3) is 6.14. The highest BCUT2D eigenvalue weighted by molar-refractivity contribution is 7.84. The molecule has 1 aliphatic heterocycles. The summed E-state index contributed by atoms with van der Waals surface area (Å²) in [4.78, 5) is 60.2. The highest BCUT2D eigenvalue weighted by Crippen LogP contribution is 2.24. The normalized spacial score (nSPS) is 19.0. The molecular weight excluding hydrogens is 504 g/mol. The number of nitrogens with two attached hydrogens (primary N) is 1. The van der Waals surface area contributed by atoms with Crippen molar-refractivity contribution in [2.24, 2.45) is 10.3 Å². The molecule has 1 aromatic rings. The zero-order valence-electron chi connectivity index (χ0n) is 17.3. The highest BCUT2D eigenvalue weighted by atomic mass is 32.2. The van der Waals surface area contributed by atoms with E-state index in [0.717, 1.165) is 25.2 Å². The number of aromatic nitrogens is 1. The van der Waals surface area contributed by atoms with Crippen LogP contribution < -0.4 is 11.1 Å². The lowest BCUT2D eigenvalue weighted by Gasteiger charge is -2.43. The number of rotatable bonds is 11. The van der Waals surface area contributed by atoms with Crippen molar-refractivity contribution in [2.45, 2.75) is 31.5 Å². The summed E-state index contributed by atoms with van der Waals surface area (Å²) in [7, 11) is -5.06. The molecule has 34 heavy (non-hydrogen) atoms. The molecule has 0 aliphatic carbocycles. The van der Waals surface area contributed by atoms with Crippen LogP contribution in [0.5, 0.6) is 0 Å². The van der Waals surface area contributed by atoms with E-state index in [9.17, 15) is 32.1 Å². The first-order valence-electron chi connectivity index (χ1n) is 8.86. The quantitative estimate of drug-likeness (QED) is 0.0903. The second-order valence-corrected chi connectivity index (χ2v) is 9.10. The van der Waals surface area contributed by atoms with Crippen LogP contribution in [0.15, 0.2) is 15.7 Å². The molecule has 0 radical (unpaired) electrons. The third-order valence-electron chi connectivity index (χ3n) is 4.05. The molecule has 1 aliphatic rings. The van der Waals surface area contributed by atoms with Crippen LogP contribution in [0.3, 0.4) is 0 Å². The van der Waals surface area contributed by atoms with Crippen molar-refractivity contribution >= 4 is 62.5 Å². The van der Waals surface area contributed by atoms with Crippen molar-refractivity contribution in [1.82, 2.24) is 14.6 Å². The van der Waals surface area contributed by atoms with Gasteiger partial charge in [-0.2, -0.15) is 8.42 Å². The zero-order chi connectivity index (χ0) is 25.8. The van der Waals surface area contributed by atoms with Gasteiger partial charge in [-0.25, -0.2) is 18.9 Å². The Balaban J connectivity index is 2.29. The van der Waals surface area contributed by atoms with E-state index in [1.165, 1.54) is 5.38 Å². The van der Waals surface area contributed by atoms with E-state index in [0.29, 0.717) is 6.21 Å². The van der Waals surface area contributed by atoms with Gasteiger partial charge in [-0.15, -0.1) is 11.3 Å². The Morgan fingerprint density at radius 2 is 2.03 bits per heavy atom. The van der Waals surface area contributed by atoms with E-state index in [4.69, 9.17) is 20.8 Å². The standard InChI is InChI=1S/C15H18N6O11S2/c1-15(2,13(26)27)32-20-9(6-5-33-14(16)18-6)11(24)19-10-7(4-31-17-3-8(22)23)21(12(10)25)34(28,29)30/h3,5,7,10H,4H2,1-2H3,(H2,16,18)(H,19,24)(H,22,23)(H,26,27)(H,28,29,30)/b17-3+,20-9+. The molecule has 1 saturated heterocycles. The average molecular weight is 522 g/mol. The van der Waals surface area contributed by atoms with Gasteiger partial charge in [-0.3, -0.25) is 14.1 Å². The number of nitrogen functional groups attached to an aromatic ring is 1. The van der Waals surface area contributed by atoms with Gasteiger partial charge >= 0.3 is 22.2 Å². The summed E-state index contributed by atoms with van der Waals surface area (Å²) >= 11 is 0.912. The topological polar surface area (TPSA) is 260 Å². The summed E-state index contributed by atoms with van der Waals surface area (Å²) in [6.07, 6.45) is 0.338. The Hall–Kier alpha value is -3.84. The van der Waals surface area contributed by atoms with Crippen molar-refractivity contribution in [3.63, 3.8) is 0 Å². The molecule has 0 aromatic carbocycles. The first-order valence-corrected chi connectivity index (χ1v) is 11.1. The molecule has 1 fully saturated rings. The Labute approximate surface area is 194 Å². The van der Waals surface area contributed by atoms with Crippen LogP contribution in [-0.4, -0.2) is 92.4 Å². The summed E-state index contributed by atoms with van der Waals surface area (Å²) in [6.45, 7) is 1.56. The predicted molar refractivity (Wildman–Crippen MR) is 112 cm³/mol.